The third-order valence-corrected chi connectivity index (χ3v) is 4.65. The van der Waals surface area contributed by atoms with Crippen LogP contribution in [0, 0.1) is 0 Å². The Kier molecular flexibility index (Phi) is 9.07. The van der Waals surface area contributed by atoms with E-state index < -0.39 is 0 Å². The molecule has 0 aromatic heterocycles. The number of likely N-dealkylation sites (tertiary alicyclic amines) is 1. The second-order valence-electron chi connectivity index (χ2n) is 7.21. The molecule has 7 heteroatoms. The third kappa shape index (κ3) is 7.38. The standard InChI is InChI=1S/C21H34N4O3/c1-5-27-21(26)25-12-10-19(11-13-25)24-20(22-4)23-14-17-6-8-18(9-7-17)15-28-16(2)3/h6-9,16,19H,5,10-15H2,1-4H3,(H2,22,23,24). The predicted octanol–water partition coefficient (Wildman–Crippen LogP) is 2.90. The van der Waals surface area contributed by atoms with Crippen LogP contribution in [-0.2, 0) is 22.6 Å². The summed E-state index contributed by atoms with van der Waals surface area (Å²) < 4.78 is 10.7. The molecule has 7 nitrogen and oxygen atoms in total. The Morgan fingerprint density at radius 1 is 1.21 bits per heavy atom. The number of aliphatic imine (C=N–C) groups is 1. The first-order chi connectivity index (χ1) is 13.5. The average Bonchev–Trinajstić information content (AvgIpc) is 2.71. The van der Waals surface area contributed by atoms with Gasteiger partial charge in [0.15, 0.2) is 5.96 Å². The molecule has 1 aliphatic rings. The van der Waals surface area contributed by atoms with Crippen LogP contribution in [0.15, 0.2) is 29.3 Å². The van der Waals surface area contributed by atoms with Crippen LogP contribution in [0.1, 0.15) is 44.7 Å². The Labute approximate surface area is 168 Å². The second-order valence-corrected chi connectivity index (χ2v) is 7.21. The highest BCUT2D eigenvalue weighted by Gasteiger charge is 2.23. The number of hydrogen-bond donors (Lipinski definition) is 2. The number of ether oxygens (including phenoxy) is 2. The van der Waals surface area contributed by atoms with E-state index in [0.29, 0.717) is 38.9 Å². The summed E-state index contributed by atoms with van der Waals surface area (Å²) in [5.74, 6) is 0.779. The van der Waals surface area contributed by atoms with Crippen LogP contribution in [-0.4, -0.2) is 55.8 Å². The van der Waals surface area contributed by atoms with Gasteiger partial charge in [0, 0.05) is 32.7 Å². The van der Waals surface area contributed by atoms with Crippen LogP contribution < -0.4 is 10.6 Å². The number of guanidine groups is 1. The van der Waals surface area contributed by atoms with Gasteiger partial charge in [-0.25, -0.2) is 4.79 Å². The minimum atomic E-state index is -0.217. The van der Waals surface area contributed by atoms with Crippen LogP contribution in [0.5, 0.6) is 0 Å². The van der Waals surface area contributed by atoms with E-state index in [1.54, 1.807) is 11.9 Å². The van der Waals surface area contributed by atoms with Gasteiger partial charge in [-0.15, -0.1) is 0 Å². The van der Waals surface area contributed by atoms with Crippen molar-refractivity contribution in [3.8, 4) is 0 Å². The van der Waals surface area contributed by atoms with Gasteiger partial charge in [0.25, 0.3) is 0 Å². The number of piperidine rings is 1. The maximum atomic E-state index is 11.8. The molecule has 1 aliphatic heterocycles. The highest BCUT2D eigenvalue weighted by Crippen LogP contribution is 2.12. The predicted molar refractivity (Wildman–Crippen MR) is 111 cm³/mol. The van der Waals surface area contributed by atoms with Gasteiger partial charge in [0.2, 0.25) is 0 Å². The molecular weight excluding hydrogens is 356 g/mol. The summed E-state index contributed by atoms with van der Waals surface area (Å²) in [5, 5.41) is 6.81. The Balaban J connectivity index is 1.74. The lowest BCUT2D eigenvalue weighted by molar-refractivity contribution is 0.0657. The molecule has 1 fully saturated rings. The molecule has 0 aliphatic carbocycles. The van der Waals surface area contributed by atoms with Crippen molar-refractivity contribution in [1.29, 1.82) is 0 Å². The van der Waals surface area contributed by atoms with E-state index in [0.717, 1.165) is 18.8 Å². The number of hydrogen-bond acceptors (Lipinski definition) is 4. The van der Waals surface area contributed by atoms with Gasteiger partial charge in [-0.05, 0) is 44.7 Å². The Morgan fingerprint density at radius 2 is 1.86 bits per heavy atom. The molecule has 0 unspecified atom stereocenters. The second kappa shape index (κ2) is 11.5. The van der Waals surface area contributed by atoms with Gasteiger partial charge < -0.3 is 25.0 Å². The average molecular weight is 391 g/mol. The third-order valence-electron chi connectivity index (χ3n) is 4.65. The fourth-order valence-corrected chi connectivity index (χ4v) is 3.01. The molecule has 0 radical (unpaired) electrons. The lowest BCUT2D eigenvalue weighted by atomic mass is 10.1. The van der Waals surface area contributed by atoms with E-state index >= 15 is 0 Å². The minimum absolute atomic E-state index is 0.217. The molecule has 0 saturated carbocycles. The highest BCUT2D eigenvalue weighted by atomic mass is 16.6. The van der Waals surface area contributed by atoms with Crippen LogP contribution in [0.3, 0.4) is 0 Å². The number of nitrogens with zero attached hydrogens (tertiary/aromatic N) is 2. The zero-order valence-electron chi connectivity index (χ0n) is 17.5. The van der Waals surface area contributed by atoms with Crippen LogP contribution >= 0.6 is 0 Å². The molecular formula is C21H34N4O3. The lowest BCUT2D eigenvalue weighted by Gasteiger charge is -2.32. The van der Waals surface area contributed by atoms with Crippen LogP contribution in [0.2, 0.25) is 0 Å². The van der Waals surface area contributed by atoms with Crippen molar-refractivity contribution >= 4 is 12.1 Å². The van der Waals surface area contributed by atoms with E-state index in [-0.39, 0.29) is 12.2 Å². The zero-order chi connectivity index (χ0) is 20.4. The molecule has 1 aromatic rings. The molecule has 156 valence electrons. The van der Waals surface area contributed by atoms with E-state index in [1.165, 1.54) is 11.1 Å². The highest BCUT2D eigenvalue weighted by molar-refractivity contribution is 5.80. The molecule has 1 aromatic carbocycles. The van der Waals surface area contributed by atoms with Crippen molar-refractivity contribution in [2.45, 2.75) is 58.9 Å². The van der Waals surface area contributed by atoms with Crippen LogP contribution in [0.4, 0.5) is 4.79 Å². The van der Waals surface area contributed by atoms with Gasteiger partial charge in [-0.3, -0.25) is 4.99 Å². The summed E-state index contributed by atoms with van der Waals surface area (Å²) in [4.78, 5) is 17.9. The molecule has 1 saturated heterocycles. The molecule has 28 heavy (non-hydrogen) atoms. The van der Waals surface area contributed by atoms with Gasteiger partial charge in [-0.1, -0.05) is 24.3 Å². The van der Waals surface area contributed by atoms with E-state index in [1.807, 2.05) is 20.8 Å². The summed E-state index contributed by atoms with van der Waals surface area (Å²) in [5.41, 5.74) is 2.36. The summed E-state index contributed by atoms with van der Waals surface area (Å²) >= 11 is 0. The monoisotopic (exact) mass is 390 g/mol. The van der Waals surface area contributed by atoms with Crippen LogP contribution in [0.25, 0.3) is 0 Å². The van der Waals surface area contributed by atoms with E-state index in [4.69, 9.17) is 9.47 Å². The molecule has 2 rings (SSSR count). The van der Waals surface area contributed by atoms with Gasteiger partial charge in [0.1, 0.15) is 0 Å². The summed E-state index contributed by atoms with van der Waals surface area (Å²) in [6.45, 7) is 9.07. The number of carbonyl (C=O) groups is 1. The van der Waals surface area contributed by atoms with E-state index in [9.17, 15) is 4.79 Å². The fourth-order valence-electron chi connectivity index (χ4n) is 3.01. The first kappa shape index (κ1) is 22.0. The Bertz CT molecular complexity index is 623. The smallest absolute Gasteiger partial charge is 0.409 e. The molecule has 0 spiro atoms. The molecule has 1 amide bonds. The maximum Gasteiger partial charge on any atom is 0.409 e. The van der Waals surface area contributed by atoms with Crippen molar-refractivity contribution < 1.29 is 14.3 Å². The number of amides is 1. The molecule has 0 bridgehead atoms. The summed E-state index contributed by atoms with van der Waals surface area (Å²) in [7, 11) is 1.77. The largest absolute Gasteiger partial charge is 0.450 e. The summed E-state index contributed by atoms with van der Waals surface area (Å²) in [6.07, 6.45) is 1.78. The van der Waals surface area contributed by atoms with Crippen molar-refractivity contribution in [3.05, 3.63) is 35.4 Å². The quantitative estimate of drug-likeness (QED) is 0.553. The first-order valence-corrected chi connectivity index (χ1v) is 10.1. The van der Waals surface area contributed by atoms with Crippen molar-refractivity contribution in [1.82, 2.24) is 15.5 Å². The number of benzene rings is 1. The van der Waals surface area contributed by atoms with Crippen molar-refractivity contribution in [2.24, 2.45) is 4.99 Å². The topological polar surface area (TPSA) is 75.2 Å². The number of nitrogens with one attached hydrogen (secondary N) is 2. The minimum Gasteiger partial charge on any atom is -0.450 e. The molecule has 1 heterocycles. The maximum absolute atomic E-state index is 11.8. The SMILES string of the molecule is CCOC(=O)N1CCC(NC(=NC)NCc2ccc(COC(C)C)cc2)CC1. The van der Waals surface area contributed by atoms with Gasteiger partial charge >= 0.3 is 6.09 Å². The zero-order valence-corrected chi connectivity index (χ0v) is 17.5. The normalized spacial score (nSPS) is 15.6. The first-order valence-electron chi connectivity index (χ1n) is 10.1. The van der Waals surface area contributed by atoms with Gasteiger partial charge in [-0.2, -0.15) is 0 Å². The van der Waals surface area contributed by atoms with Crippen molar-refractivity contribution in [2.75, 3.05) is 26.7 Å². The molecule has 2 N–H and O–H groups in total. The lowest BCUT2D eigenvalue weighted by Crippen LogP contribution is -2.49. The number of carbonyl (C=O) groups excluding carboxylic acids is 1. The summed E-state index contributed by atoms with van der Waals surface area (Å²) in [6, 6.07) is 8.71. The number of rotatable bonds is 7. The Hall–Kier alpha value is -2.28. The van der Waals surface area contributed by atoms with Crippen molar-refractivity contribution in [3.63, 3.8) is 0 Å². The van der Waals surface area contributed by atoms with Gasteiger partial charge in [0.05, 0.1) is 19.3 Å². The fraction of sp³-hybridized carbons (Fsp3) is 0.619. The van der Waals surface area contributed by atoms with E-state index in [2.05, 4.69) is 39.9 Å². The molecule has 0 atom stereocenters. The Morgan fingerprint density at radius 3 is 2.43 bits per heavy atom.